The first-order valence-corrected chi connectivity index (χ1v) is 21.4. The van der Waals surface area contributed by atoms with Gasteiger partial charge in [-0.25, -0.2) is 14.6 Å². The lowest BCUT2D eigenvalue weighted by Crippen LogP contribution is -2.37. The molecule has 2 aliphatic heterocycles. The Morgan fingerprint density at radius 1 is 0.829 bits per heavy atom. The van der Waals surface area contributed by atoms with E-state index >= 15 is 0 Å². The summed E-state index contributed by atoms with van der Waals surface area (Å²) in [5.41, 5.74) is 4.45. The normalized spacial score (nSPS) is 12.8. The molecule has 3 aromatic heterocycles. The summed E-state index contributed by atoms with van der Waals surface area (Å²) in [5.74, 6) is 64.0. The van der Waals surface area contributed by atoms with Crippen LogP contribution in [0.4, 0.5) is 11.4 Å². The van der Waals surface area contributed by atoms with E-state index < -0.39 is 5.02 Å². The molecule has 3 aliphatic rings. The third-order valence-corrected chi connectivity index (χ3v) is 9.06. The topological polar surface area (TPSA) is 293 Å². The molecule has 7 rings (SSSR count). The van der Waals surface area contributed by atoms with Gasteiger partial charge in [-0.1, -0.05) is 11.3 Å². The zero-order valence-corrected chi connectivity index (χ0v) is 39.5. The first-order valence-electron chi connectivity index (χ1n) is 21.4. The number of hydrogen-bond acceptors (Lipinski definition) is 13. The standard InChI is InChI=1S/C26H27N9O3.C26H2.H3N9O3.12H2/c1-16-14-38-24-18(25-30-31-32-35(16)25)3-2-4-19(24)29-26(36)20-11-22(34-13-21(28-15-34)17-5-6-17)23(12-27-20)33-7-9-37-10-8-33;1-3-5-7-9-11-13-15-17-19-21-23-25-26-24-22-20-18-16-14-12-10-8-6-4-2;1-2-3-4-5-6-7-8-9(10)12-11;;;;;;;;;;;;/h2-4,11-13,15-17H,5-10,14H2,1H3,(H,29,36);1-2H;11H,(H2,1,3,5,7);12*1H/t16-;;;;;;;;;;;;;;/m0............../s1. The van der Waals surface area contributed by atoms with Crippen molar-refractivity contribution in [3.8, 4) is 178 Å². The summed E-state index contributed by atoms with van der Waals surface area (Å²) < 4.78 is 15.4. The van der Waals surface area contributed by atoms with Crippen LogP contribution in [-0.4, -0.2) is 83.8 Å². The fraction of sp³-hybridized carbons (Fsp3) is 0.192. The summed E-state index contributed by atoms with van der Waals surface area (Å²) in [5, 5.41) is 51.1. The number of imidazole rings is 1. The van der Waals surface area contributed by atoms with Gasteiger partial charge in [-0.3, -0.25) is 10.1 Å². The lowest BCUT2D eigenvalue weighted by Gasteiger charge is -2.30. The SMILES string of the molecule is C#CC#CC#CC#CC#CC#CC#CC#CC#CC#CC#CC#CC#C.C[C@H]1COc2c(NC(=O)c3cc(-n4cnc(C5CC5)c4)c(N4CCOCC4)cn3)cccc2-c2nnnn21.NN=NN=NN=NN=[N+]([O-])OO.[HH].[HH].[HH].[HH].[HH].[HH].[HH].[HH].[HH].[HH].[HH].[HH]. The maximum absolute atomic E-state index is 13.5. The number of fused-ring (bicyclic) bond motifs is 3. The number of benzene rings is 1. The molecule has 1 saturated carbocycles. The lowest BCUT2D eigenvalue weighted by atomic mass is 10.1. The molecule has 76 heavy (non-hydrogen) atoms. The molecular formula is C52H56N18O6. The van der Waals surface area contributed by atoms with E-state index in [4.69, 9.17) is 27.6 Å². The molecule has 4 N–H and O–H groups in total. The quantitative estimate of drug-likeness (QED) is 0.0537. The Hall–Kier alpha value is -12.3. The highest BCUT2D eigenvalue weighted by atomic mass is 17.2. The van der Waals surface area contributed by atoms with E-state index in [1.165, 1.54) is 12.8 Å². The van der Waals surface area contributed by atoms with Crippen molar-refractivity contribution < 1.29 is 46.7 Å². The summed E-state index contributed by atoms with van der Waals surface area (Å²) in [4.78, 5) is 27.9. The second-order valence-corrected chi connectivity index (χ2v) is 13.9. The summed E-state index contributed by atoms with van der Waals surface area (Å²) in [6.45, 7) is 5.18. The van der Waals surface area contributed by atoms with Crippen molar-refractivity contribution >= 4 is 17.3 Å². The average molecular weight is 1030 g/mol. The fourth-order valence-corrected chi connectivity index (χ4v) is 5.81. The summed E-state index contributed by atoms with van der Waals surface area (Å²) in [6.07, 6.45) is 17.8. The van der Waals surface area contributed by atoms with Gasteiger partial charge in [0.2, 0.25) is 10.4 Å². The first kappa shape index (κ1) is 54.7. The molecule has 0 radical (unpaired) electrons. The monoisotopic (exact) mass is 1030 g/mol. The number of nitrogens with two attached hydrogens (primary N) is 1. The molecule has 1 saturated heterocycles. The van der Waals surface area contributed by atoms with Crippen LogP contribution in [-0.2, 0) is 9.73 Å². The Bertz CT molecular complexity index is 3700. The predicted octanol–water partition coefficient (Wildman–Crippen LogP) is 6.41. The van der Waals surface area contributed by atoms with Crippen LogP contribution >= 0.6 is 0 Å². The van der Waals surface area contributed by atoms with Crippen LogP contribution < -0.4 is 20.8 Å². The van der Waals surface area contributed by atoms with E-state index in [1.54, 1.807) is 10.9 Å². The number of anilines is 2. The number of para-hydroxylation sites is 1. The van der Waals surface area contributed by atoms with Gasteiger partial charge >= 0.3 is 0 Å². The van der Waals surface area contributed by atoms with Crippen LogP contribution in [0.1, 0.15) is 65.0 Å². The zero-order valence-electron chi connectivity index (χ0n) is 39.5. The van der Waals surface area contributed by atoms with Crippen molar-refractivity contribution in [3.63, 3.8) is 0 Å². The van der Waals surface area contributed by atoms with E-state index in [0.29, 0.717) is 48.7 Å². The second kappa shape index (κ2) is 31.8. The molecule has 24 nitrogen and oxygen atoms in total. The fourth-order valence-electron chi connectivity index (χ4n) is 5.81. The van der Waals surface area contributed by atoms with Gasteiger partial charge in [-0.2, -0.15) is 0 Å². The lowest BCUT2D eigenvalue weighted by molar-refractivity contribution is -0.873. The second-order valence-electron chi connectivity index (χ2n) is 13.9. The maximum atomic E-state index is 13.5. The van der Waals surface area contributed by atoms with Gasteiger partial charge in [-0.15, -0.1) is 17.9 Å². The molecule has 5 heterocycles. The van der Waals surface area contributed by atoms with E-state index in [1.807, 2.05) is 42.1 Å². The molecule has 390 valence electrons. The molecule has 0 spiro atoms. The Morgan fingerprint density at radius 2 is 1.39 bits per heavy atom. The van der Waals surface area contributed by atoms with Gasteiger partial charge in [0.25, 0.3) is 5.91 Å². The van der Waals surface area contributed by atoms with E-state index in [-0.39, 0.29) is 29.1 Å². The van der Waals surface area contributed by atoms with E-state index in [9.17, 15) is 10.0 Å². The summed E-state index contributed by atoms with van der Waals surface area (Å²) in [6, 6.07) is 7.31. The molecule has 4 aromatic rings. The van der Waals surface area contributed by atoms with Crippen molar-refractivity contribution in [2.45, 2.75) is 31.7 Å². The third kappa shape index (κ3) is 18.6. The minimum atomic E-state index is -0.622. The van der Waals surface area contributed by atoms with Gasteiger partial charge in [0, 0.05) is 100 Å². The largest absolute Gasteiger partial charge is 0.488 e. The van der Waals surface area contributed by atoms with Gasteiger partial charge in [0.15, 0.2) is 11.6 Å². The molecule has 1 atom stereocenters. The van der Waals surface area contributed by atoms with Crippen molar-refractivity contribution in [1.29, 1.82) is 0 Å². The van der Waals surface area contributed by atoms with Crippen molar-refractivity contribution in [2.75, 3.05) is 43.1 Å². The number of terminal acetylenes is 2. The van der Waals surface area contributed by atoms with Gasteiger partial charge < -0.3 is 40.3 Å². The molecule has 0 unspecified atom stereocenters. The number of pyridine rings is 1. The van der Waals surface area contributed by atoms with Crippen molar-refractivity contribution in [3.05, 3.63) is 59.6 Å². The minimum Gasteiger partial charge on any atom is -0.488 e. The number of ether oxygens (including phenoxy) is 2. The number of rotatable bonds is 9. The van der Waals surface area contributed by atoms with Gasteiger partial charge in [0.1, 0.15) is 17.5 Å². The van der Waals surface area contributed by atoms with Crippen LogP contribution in [0.15, 0.2) is 79.5 Å². The highest BCUT2D eigenvalue weighted by molar-refractivity contribution is 6.05. The smallest absolute Gasteiger partial charge is 0.274 e. The predicted molar refractivity (Wildman–Crippen MR) is 295 cm³/mol. The molecule has 1 amide bonds. The van der Waals surface area contributed by atoms with E-state index in [0.717, 1.165) is 35.7 Å². The molecule has 24 heteroatoms. The zero-order chi connectivity index (χ0) is 53.8. The van der Waals surface area contributed by atoms with Crippen LogP contribution in [0.25, 0.3) is 17.1 Å². The Balaban J connectivity index is -0.000000190. The number of carbonyl (C=O) groups is 1. The van der Waals surface area contributed by atoms with Crippen LogP contribution in [0.3, 0.4) is 0 Å². The minimum absolute atomic E-state index is 0. The molecule has 1 aromatic carbocycles. The highest BCUT2D eigenvalue weighted by Gasteiger charge is 2.28. The third-order valence-electron chi connectivity index (χ3n) is 9.06. The Kier molecular flexibility index (Phi) is 22.8. The number of morpholine rings is 1. The number of aromatic nitrogens is 7. The van der Waals surface area contributed by atoms with Crippen LogP contribution in [0.5, 0.6) is 5.75 Å². The number of hydrogen-bond donors (Lipinski definition) is 3. The maximum Gasteiger partial charge on any atom is 0.274 e. The van der Waals surface area contributed by atoms with Crippen molar-refractivity contribution in [1.82, 2.24) is 34.7 Å². The first-order chi connectivity index (χ1) is 37.4. The van der Waals surface area contributed by atoms with Crippen LogP contribution in [0.2, 0.25) is 0 Å². The number of tetrazole rings is 1. The number of nitrogens with zero attached hydrogens (tertiary/aromatic N) is 16. The van der Waals surface area contributed by atoms with Crippen molar-refractivity contribution in [2.24, 2.45) is 42.4 Å². The molecule has 1 aliphatic carbocycles. The summed E-state index contributed by atoms with van der Waals surface area (Å²) >= 11 is 0. The number of nitrogens with one attached hydrogen (secondary N) is 1. The Labute approximate surface area is 452 Å². The molecule has 0 bridgehead atoms. The summed E-state index contributed by atoms with van der Waals surface area (Å²) in [7, 11) is 0. The molecule has 2 fully saturated rings. The highest BCUT2D eigenvalue weighted by Crippen LogP contribution is 2.40. The van der Waals surface area contributed by atoms with Crippen LogP contribution in [0, 0.1) is 160 Å². The average Bonchev–Trinajstić information content (AvgIpc) is 1.72. The number of amides is 1. The molecular weight excluding hydrogens is 973 g/mol. The number of carbonyl (C=O) groups excluding carboxylic acids is 1. The Morgan fingerprint density at radius 3 is 1.95 bits per heavy atom. The van der Waals surface area contributed by atoms with E-state index in [2.05, 4.69) is 231 Å². The van der Waals surface area contributed by atoms with Gasteiger partial charge in [-0.05, 0) is 148 Å². The van der Waals surface area contributed by atoms with Gasteiger partial charge in [0.05, 0.1) is 65.1 Å².